The number of aliphatic hydroxyl groups is 1. The van der Waals surface area contributed by atoms with Crippen LogP contribution in [0.4, 0.5) is 0 Å². The van der Waals surface area contributed by atoms with E-state index in [9.17, 15) is 5.11 Å². The summed E-state index contributed by atoms with van der Waals surface area (Å²) in [6, 6.07) is 0. The predicted molar refractivity (Wildman–Crippen MR) is 42.5 cm³/mol. The maximum absolute atomic E-state index is 9.35. The zero-order valence-electron chi connectivity index (χ0n) is 7.74. The van der Waals surface area contributed by atoms with Gasteiger partial charge in [-0.05, 0) is 0 Å². The van der Waals surface area contributed by atoms with Crippen LogP contribution in [0, 0.1) is 5.41 Å². The lowest BCUT2D eigenvalue weighted by molar-refractivity contribution is -0.169. The first-order chi connectivity index (χ1) is 5.58. The van der Waals surface area contributed by atoms with Crippen molar-refractivity contribution < 1.29 is 19.3 Å². The van der Waals surface area contributed by atoms with Crippen LogP contribution in [0.1, 0.15) is 13.8 Å². The molecule has 0 saturated carbocycles. The molecular formula is C8H16O4. The van der Waals surface area contributed by atoms with Crippen molar-refractivity contribution in [3.05, 3.63) is 0 Å². The second-order valence-corrected chi connectivity index (χ2v) is 3.68. The van der Waals surface area contributed by atoms with Gasteiger partial charge in [0, 0.05) is 12.5 Å². The molecule has 1 N–H and O–H groups in total. The van der Waals surface area contributed by atoms with Crippen molar-refractivity contribution in [1.82, 2.24) is 0 Å². The van der Waals surface area contributed by atoms with Gasteiger partial charge in [0.15, 0.2) is 6.29 Å². The van der Waals surface area contributed by atoms with Crippen LogP contribution in [-0.4, -0.2) is 38.0 Å². The Morgan fingerprint density at radius 2 is 2.25 bits per heavy atom. The summed E-state index contributed by atoms with van der Waals surface area (Å²) in [6.07, 6.45) is -1.12. The van der Waals surface area contributed by atoms with Crippen LogP contribution < -0.4 is 0 Å². The van der Waals surface area contributed by atoms with Crippen molar-refractivity contribution in [1.29, 1.82) is 0 Å². The van der Waals surface area contributed by atoms with Gasteiger partial charge in [-0.3, -0.25) is 0 Å². The van der Waals surface area contributed by atoms with E-state index in [0.29, 0.717) is 6.61 Å². The fourth-order valence-electron chi connectivity index (χ4n) is 1.30. The molecule has 4 nitrogen and oxygen atoms in total. The maximum atomic E-state index is 9.35. The Bertz CT molecular complexity index is 146. The van der Waals surface area contributed by atoms with Crippen LogP contribution in [0.5, 0.6) is 0 Å². The van der Waals surface area contributed by atoms with E-state index in [1.807, 2.05) is 13.8 Å². The van der Waals surface area contributed by atoms with E-state index < -0.39 is 6.29 Å². The van der Waals surface area contributed by atoms with E-state index in [0.717, 1.165) is 0 Å². The average molecular weight is 176 g/mol. The Balaban J connectivity index is 2.47. The normalized spacial score (nSPS) is 34.0. The first kappa shape index (κ1) is 9.92. The molecule has 1 rings (SSSR count). The number of methoxy groups -OCH3 is 1. The molecule has 4 heteroatoms. The third-order valence-electron chi connectivity index (χ3n) is 2.02. The Morgan fingerprint density at radius 3 is 2.67 bits per heavy atom. The molecule has 2 atom stereocenters. The summed E-state index contributed by atoms with van der Waals surface area (Å²) in [5.41, 5.74) is -0.141. The van der Waals surface area contributed by atoms with Gasteiger partial charge in [-0.25, -0.2) is 0 Å². The fraction of sp³-hybridized carbons (Fsp3) is 1.00. The summed E-state index contributed by atoms with van der Waals surface area (Å²) in [4.78, 5) is 0. The first-order valence-corrected chi connectivity index (χ1v) is 3.98. The summed E-state index contributed by atoms with van der Waals surface area (Å²) >= 11 is 0. The van der Waals surface area contributed by atoms with E-state index in [-0.39, 0.29) is 18.3 Å². The van der Waals surface area contributed by atoms with Crippen molar-refractivity contribution in [2.75, 3.05) is 20.5 Å². The van der Waals surface area contributed by atoms with Gasteiger partial charge < -0.3 is 19.3 Å². The van der Waals surface area contributed by atoms with Gasteiger partial charge >= 0.3 is 0 Å². The minimum Gasteiger partial charge on any atom is -0.366 e. The Labute approximate surface area is 72.4 Å². The second kappa shape index (κ2) is 3.70. The molecule has 0 aromatic rings. The van der Waals surface area contributed by atoms with Crippen LogP contribution >= 0.6 is 0 Å². The van der Waals surface area contributed by atoms with Crippen LogP contribution in [0.15, 0.2) is 0 Å². The number of hydrogen-bond donors (Lipinski definition) is 1. The lowest BCUT2D eigenvalue weighted by Gasteiger charge is -2.25. The number of ether oxygens (including phenoxy) is 3. The summed E-state index contributed by atoms with van der Waals surface area (Å²) in [5, 5.41) is 9.35. The van der Waals surface area contributed by atoms with E-state index >= 15 is 0 Å². The summed E-state index contributed by atoms with van der Waals surface area (Å²) in [5.74, 6) is 0. The molecular weight excluding hydrogens is 160 g/mol. The molecule has 0 amide bonds. The highest BCUT2D eigenvalue weighted by atomic mass is 16.7. The predicted octanol–water partition coefficient (Wildman–Crippen LogP) is 0.350. The number of hydrogen-bond acceptors (Lipinski definition) is 4. The topological polar surface area (TPSA) is 47.9 Å². The van der Waals surface area contributed by atoms with Gasteiger partial charge in [-0.15, -0.1) is 0 Å². The average Bonchev–Trinajstić information content (AvgIpc) is 2.24. The minimum absolute atomic E-state index is 0.141. The second-order valence-electron chi connectivity index (χ2n) is 3.68. The minimum atomic E-state index is -0.824. The zero-order valence-corrected chi connectivity index (χ0v) is 7.74. The van der Waals surface area contributed by atoms with E-state index in [4.69, 9.17) is 14.2 Å². The molecule has 0 bridgehead atoms. The van der Waals surface area contributed by atoms with Crippen LogP contribution in [-0.2, 0) is 14.2 Å². The summed E-state index contributed by atoms with van der Waals surface area (Å²) in [6.45, 7) is 4.68. The van der Waals surface area contributed by atoms with E-state index in [1.165, 1.54) is 0 Å². The van der Waals surface area contributed by atoms with Gasteiger partial charge in [0.1, 0.15) is 12.9 Å². The SMILES string of the molecule is COCO[C@H]1[C@@H](O)OCC1(C)C. The van der Waals surface area contributed by atoms with Gasteiger partial charge in [0.2, 0.25) is 0 Å². The molecule has 0 radical (unpaired) electrons. The quantitative estimate of drug-likeness (QED) is 0.630. The van der Waals surface area contributed by atoms with Crippen molar-refractivity contribution in [2.45, 2.75) is 26.2 Å². The molecule has 1 fully saturated rings. The molecule has 12 heavy (non-hydrogen) atoms. The van der Waals surface area contributed by atoms with E-state index in [2.05, 4.69) is 0 Å². The van der Waals surface area contributed by atoms with Gasteiger partial charge in [0.25, 0.3) is 0 Å². The number of aliphatic hydroxyl groups excluding tert-OH is 1. The molecule has 0 unspecified atom stereocenters. The fourth-order valence-corrected chi connectivity index (χ4v) is 1.30. The van der Waals surface area contributed by atoms with E-state index in [1.54, 1.807) is 7.11 Å². The summed E-state index contributed by atoms with van der Waals surface area (Å²) in [7, 11) is 1.55. The molecule has 1 aliphatic heterocycles. The number of rotatable bonds is 3. The van der Waals surface area contributed by atoms with Gasteiger partial charge in [0.05, 0.1) is 6.61 Å². The Kier molecular flexibility index (Phi) is 3.06. The largest absolute Gasteiger partial charge is 0.366 e. The third-order valence-corrected chi connectivity index (χ3v) is 2.02. The molecule has 0 aromatic heterocycles. The zero-order chi connectivity index (χ0) is 9.19. The summed E-state index contributed by atoms with van der Waals surface area (Å²) < 4.78 is 15.1. The monoisotopic (exact) mass is 176 g/mol. The van der Waals surface area contributed by atoms with Crippen molar-refractivity contribution >= 4 is 0 Å². The van der Waals surface area contributed by atoms with Crippen LogP contribution in [0.25, 0.3) is 0 Å². The Hall–Kier alpha value is -0.160. The lowest BCUT2D eigenvalue weighted by atomic mass is 9.89. The maximum Gasteiger partial charge on any atom is 0.181 e. The third kappa shape index (κ3) is 1.95. The molecule has 1 saturated heterocycles. The molecule has 0 spiro atoms. The van der Waals surface area contributed by atoms with Gasteiger partial charge in [-0.2, -0.15) is 0 Å². The highest BCUT2D eigenvalue weighted by Gasteiger charge is 2.43. The first-order valence-electron chi connectivity index (χ1n) is 3.98. The smallest absolute Gasteiger partial charge is 0.181 e. The standard InChI is InChI=1S/C8H16O4/c1-8(2)4-11-7(9)6(8)12-5-10-3/h6-7,9H,4-5H2,1-3H3/t6-,7-/m0/s1. The molecule has 1 aliphatic rings. The van der Waals surface area contributed by atoms with Gasteiger partial charge in [-0.1, -0.05) is 13.8 Å². The van der Waals surface area contributed by atoms with Crippen LogP contribution in [0.3, 0.4) is 0 Å². The molecule has 1 heterocycles. The lowest BCUT2D eigenvalue weighted by Crippen LogP contribution is -2.35. The van der Waals surface area contributed by atoms with Crippen molar-refractivity contribution in [3.63, 3.8) is 0 Å². The molecule has 72 valence electrons. The van der Waals surface area contributed by atoms with Crippen LogP contribution in [0.2, 0.25) is 0 Å². The van der Waals surface area contributed by atoms with Crippen molar-refractivity contribution in [2.24, 2.45) is 5.41 Å². The highest BCUT2D eigenvalue weighted by Crippen LogP contribution is 2.33. The molecule has 0 aliphatic carbocycles. The Morgan fingerprint density at radius 1 is 1.58 bits per heavy atom. The molecule has 0 aromatic carbocycles. The van der Waals surface area contributed by atoms with Crippen molar-refractivity contribution in [3.8, 4) is 0 Å². The highest BCUT2D eigenvalue weighted by molar-refractivity contribution is 4.86.